The van der Waals surface area contributed by atoms with E-state index in [4.69, 9.17) is 5.73 Å². The monoisotopic (exact) mass is 378 g/mol. The minimum Gasteiger partial charge on any atom is -0.397 e. The quantitative estimate of drug-likeness (QED) is 0.480. The maximum atomic E-state index is 13.7. The fourth-order valence-electron chi connectivity index (χ4n) is 2.43. The summed E-state index contributed by atoms with van der Waals surface area (Å²) in [7, 11) is 0. The van der Waals surface area contributed by atoms with Crippen LogP contribution in [0.3, 0.4) is 0 Å². The molecule has 3 rings (SSSR count). The molecule has 0 aliphatic heterocycles. The number of carbonyl (C=O) groups excluding carboxylic acids is 1. The summed E-state index contributed by atoms with van der Waals surface area (Å²) in [6.07, 6.45) is -2.95. The Morgan fingerprint density at radius 2 is 1.70 bits per heavy atom. The van der Waals surface area contributed by atoms with Crippen LogP contribution in [-0.4, -0.2) is 11.0 Å². The van der Waals surface area contributed by atoms with Crippen LogP contribution in [0.5, 0.6) is 0 Å². The van der Waals surface area contributed by atoms with Gasteiger partial charge in [0.25, 0.3) is 0 Å². The van der Waals surface area contributed by atoms with Crippen molar-refractivity contribution < 1.29 is 22.4 Å². The van der Waals surface area contributed by atoms with E-state index in [1.165, 1.54) is 0 Å². The van der Waals surface area contributed by atoms with Crippen molar-refractivity contribution in [2.45, 2.75) is 6.18 Å². The van der Waals surface area contributed by atoms with E-state index in [0.29, 0.717) is 29.6 Å². The zero-order valence-corrected chi connectivity index (χ0v) is 13.7. The van der Waals surface area contributed by atoms with Gasteiger partial charge in [0.15, 0.2) is 0 Å². The number of carbonyl (C=O) groups is 1. The van der Waals surface area contributed by atoms with Crippen molar-refractivity contribution in [3.63, 3.8) is 0 Å². The maximum Gasteiger partial charge on any atom is 0.416 e. The number of aromatic amines is 1. The van der Waals surface area contributed by atoms with E-state index >= 15 is 0 Å². The molecule has 1 aromatic heterocycles. The molecule has 0 spiro atoms. The molecule has 27 heavy (non-hydrogen) atoms. The van der Waals surface area contributed by atoms with E-state index in [1.807, 2.05) is 0 Å². The van der Waals surface area contributed by atoms with Crippen molar-refractivity contribution in [3.05, 3.63) is 66.1 Å². The van der Waals surface area contributed by atoms with Gasteiger partial charge >= 0.3 is 12.2 Å². The molecule has 0 fully saturated rings. The standard InChI is InChI=1S/C18H14F4N4O/c19-13-6-3-11(18(20,21)22)9-15(13)26-17(27)25-12-4-1-10(2-5-12)16-14(23)7-8-24-16/h1-9,24H,23H2,(H2,25,26,27). The van der Waals surface area contributed by atoms with Gasteiger partial charge in [-0.1, -0.05) is 12.1 Å². The van der Waals surface area contributed by atoms with Crippen LogP contribution in [0, 0.1) is 5.82 Å². The number of hydrogen-bond donors (Lipinski definition) is 4. The third-order valence-corrected chi connectivity index (χ3v) is 3.75. The summed E-state index contributed by atoms with van der Waals surface area (Å²) in [6.45, 7) is 0. The Morgan fingerprint density at radius 1 is 1.00 bits per heavy atom. The lowest BCUT2D eigenvalue weighted by Gasteiger charge is -2.12. The molecule has 0 atom stereocenters. The Balaban J connectivity index is 1.70. The maximum absolute atomic E-state index is 13.7. The van der Waals surface area contributed by atoms with Crippen LogP contribution < -0.4 is 16.4 Å². The molecule has 2 amide bonds. The Kier molecular flexibility index (Phi) is 4.76. The molecule has 0 saturated carbocycles. The molecule has 9 heteroatoms. The van der Waals surface area contributed by atoms with E-state index in [2.05, 4.69) is 15.6 Å². The Bertz CT molecular complexity index is 964. The number of halogens is 4. The van der Waals surface area contributed by atoms with Gasteiger partial charge in [0.05, 0.1) is 22.6 Å². The summed E-state index contributed by atoms with van der Waals surface area (Å²) in [6, 6.07) is 9.17. The number of H-pyrrole nitrogens is 1. The third-order valence-electron chi connectivity index (χ3n) is 3.75. The number of rotatable bonds is 3. The summed E-state index contributed by atoms with van der Waals surface area (Å²) in [5, 5.41) is 4.49. The molecule has 140 valence electrons. The van der Waals surface area contributed by atoms with Gasteiger partial charge in [-0.2, -0.15) is 13.2 Å². The van der Waals surface area contributed by atoms with E-state index in [1.54, 1.807) is 36.5 Å². The van der Waals surface area contributed by atoms with Gasteiger partial charge in [-0.3, -0.25) is 0 Å². The highest BCUT2D eigenvalue weighted by Crippen LogP contribution is 2.32. The van der Waals surface area contributed by atoms with E-state index in [-0.39, 0.29) is 0 Å². The second-order valence-corrected chi connectivity index (χ2v) is 5.66. The average molecular weight is 378 g/mol. The number of nitrogens with two attached hydrogens (primary N) is 1. The molecule has 0 aliphatic carbocycles. The second kappa shape index (κ2) is 7.02. The lowest BCUT2D eigenvalue weighted by molar-refractivity contribution is -0.137. The van der Waals surface area contributed by atoms with Gasteiger partial charge < -0.3 is 21.4 Å². The van der Waals surface area contributed by atoms with Crippen LogP contribution in [0.4, 0.5) is 39.4 Å². The summed E-state index contributed by atoms with van der Waals surface area (Å²) in [4.78, 5) is 14.9. The lowest BCUT2D eigenvalue weighted by Crippen LogP contribution is -2.20. The molecule has 5 N–H and O–H groups in total. The number of benzene rings is 2. The van der Waals surface area contributed by atoms with E-state index < -0.39 is 29.3 Å². The smallest absolute Gasteiger partial charge is 0.397 e. The first-order chi connectivity index (χ1) is 12.7. The van der Waals surface area contributed by atoms with Gasteiger partial charge in [0, 0.05) is 17.4 Å². The number of anilines is 3. The SMILES string of the molecule is Nc1cc[nH]c1-c1ccc(NC(=O)Nc2cc(C(F)(F)F)ccc2F)cc1. The number of aromatic nitrogens is 1. The molecule has 0 bridgehead atoms. The van der Waals surface area contributed by atoms with Gasteiger partial charge in [0.1, 0.15) is 5.82 Å². The summed E-state index contributed by atoms with van der Waals surface area (Å²) in [5.41, 5.74) is 6.61. The van der Waals surface area contributed by atoms with Crippen LogP contribution in [0.2, 0.25) is 0 Å². The molecule has 2 aromatic carbocycles. The van der Waals surface area contributed by atoms with Crippen LogP contribution in [-0.2, 0) is 6.18 Å². The second-order valence-electron chi connectivity index (χ2n) is 5.66. The summed E-state index contributed by atoms with van der Waals surface area (Å²) < 4.78 is 51.8. The first-order valence-electron chi connectivity index (χ1n) is 7.72. The summed E-state index contributed by atoms with van der Waals surface area (Å²) >= 11 is 0. The van der Waals surface area contributed by atoms with Crippen molar-refractivity contribution in [2.24, 2.45) is 0 Å². The molecular formula is C18H14F4N4O. The highest BCUT2D eigenvalue weighted by molar-refractivity contribution is 6.00. The van der Waals surface area contributed by atoms with Crippen molar-refractivity contribution in [1.82, 2.24) is 4.98 Å². The van der Waals surface area contributed by atoms with Crippen LogP contribution in [0.1, 0.15) is 5.56 Å². The molecular weight excluding hydrogens is 364 g/mol. The number of hydrogen-bond acceptors (Lipinski definition) is 2. The topological polar surface area (TPSA) is 82.9 Å². The number of urea groups is 1. The third kappa shape index (κ3) is 4.20. The number of nitrogens with one attached hydrogen (secondary N) is 3. The van der Waals surface area contributed by atoms with Gasteiger partial charge in [-0.05, 0) is 36.4 Å². The molecule has 0 saturated heterocycles. The van der Waals surface area contributed by atoms with Crippen LogP contribution in [0.25, 0.3) is 11.3 Å². The molecule has 3 aromatic rings. The predicted molar refractivity (Wildman–Crippen MR) is 94.7 cm³/mol. The summed E-state index contributed by atoms with van der Waals surface area (Å²) in [5.74, 6) is -0.976. The number of nitrogen functional groups attached to an aromatic ring is 1. The van der Waals surface area contributed by atoms with E-state index in [0.717, 1.165) is 11.3 Å². The van der Waals surface area contributed by atoms with Crippen LogP contribution in [0.15, 0.2) is 54.7 Å². The lowest BCUT2D eigenvalue weighted by atomic mass is 10.1. The minimum atomic E-state index is -4.64. The first-order valence-corrected chi connectivity index (χ1v) is 7.72. The zero-order valence-electron chi connectivity index (χ0n) is 13.7. The average Bonchev–Trinajstić information content (AvgIpc) is 3.02. The molecule has 0 aliphatic rings. The van der Waals surface area contributed by atoms with Gasteiger partial charge in [-0.25, -0.2) is 9.18 Å². The van der Waals surface area contributed by atoms with Crippen molar-refractivity contribution in [1.29, 1.82) is 0 Å². The highest BCUT2D eigenvalue weighted by atomic mass is 19.4. The first kappa shape index (κ1) is 18.3. The van der Waals surface area contributed by atoms with Crippen molar-refractivity contribution >= 4 is 23.1 Å². The molecule has 0 unspecified atom stereocenters. The van der Waals surface area contributed by atoms with E-state index in [9.17, 15) is 22.4 Å². The molecule has 5 nitrogen and oxygen atoms in total. The van der Waals surface area contributed by atoms with Crippen molar-refractivity contribution in [2.75, 3.05) is 16.4 Å². The fourth-order valence-corrected chi connectivity index (χ4v) is 2.43. The number of alkyl halides is 3. The largest absolute Gasteiger partial charge is 0.416 e. The highest BCUT2D eigenvalue weighted by Gasteiger charge is 2.31. The fraction of sp³-hybridized carbons (Fsp3) is 0.0556. The van der Waals surface area contributed by atoms with Crippen LogP contribution >= 0.6 is 0 Å². The van der Waals surface area contributed by atoms with Gasteiger partial charge in [-0.15, -0.1) is 0 Å². The predicted octanol–water partition coefficient (Wildman–Crippen LogP) is 5.07. The normalized spacial score (nSPS) is 11.3. The Labute approximate surface area is 151 Å². The molecule has 1 heterocycles. The molecule has 0 radical (unpaired) electrons. The minimum absolute atomic E-state index is 0.369. The zero-order chi connectivity index (χ0) is 19.6. The van der Waals surface area contributed by atoms with Gasteiger partial charge in [0.2, 0.25) is 0 Å². The van der Waals surface area contributed by atoms with Crippen molar-refractivity contribution in [3.8, 4) is 11.3 Å². The Hall–Kier alpha value is -3.49. The number of amides is 2. The Morgan fingerprint density at radius 3 is 2.30 bits per heavy atom.